The first kappa shape index (κ1) is 12.7. The Morgan fingerprint density at radius 2 is 2.06 bits per heavy atom. The highest BCUT2D eigenvalue weighted by Crippen LogP contribution is 2.26. The molecule has 0 aliphatic carbocycles. The number of piperidine rings is 1. The van der Waals surface area contributed by atoms with Crippen LogP contribution in [0.25, 0.3) is 0 Å². The minimum Gasteiger partial charge on any atom is -0.493 e. The van der Waals surface area contributed by atoms with E-state index in [1.54, 1.807) is 0 Å². The summed E-state index contributed by atoms with van der Waals surface area (Å²) in [5, 5.41) is 4.25. The van der Waals surface area contributed by atoms with E-state index in [1.807, 2.05) is 26.0 Å². The highest BCUT2D eigenvalue weighted by atomic mass is 35.5. The van der Waals surface area contributed by atoms with Gasteiger partial charge in [0.1, 0.15) is 5.75 Å². The van der Waals surface area contributed by atoms with Crippen molar-refractivity contribution in [3.8, 4) is 5.75 Å². The topological polar surface area (TPSA) is 21.3 Å². The molecule has 0 aromatic heterocycles. The highest BCUT2D eigenvalue weighted by molar-refractivity contribution is 6.32. The fraction of sp³-hybridized carbons (Fsp3) is 0.571. The van der Waals surface area contributed by atoms with E-state index in [4.69, 9.17) is 16.3 Å². The van der Waals surface area contributed by atoms with Crippen LogP contribution in [0.2, 0.25) is 5.02 Å². The summed E-state index contributed by atoms with van der Waals surface area (Å²) in [6.45, 7) is 7.06. The summed E-state index contributed by atoms with van der Waals surface area (Å²) >= 11 is 6.13. The van der Waals surface area contributed by atoms with Gasteiger partial charge < -0.3 is 10.1 Å². The van der Waals surface area contributed by atoms with Crippen molar-refractivity contribution in [2.45, 2.75) is 26.7 Å². The van der Waals surface area contributed by atoms with Crippen molar-refractivity contribution in [1.82, 2.24) is 5.32 Å². The van der Waals surface area contributed by atoms with Crippen LogP contribution in [0.3, 0.4) is 0 Å². The van der Waals surface area contributed by atoms with Crippen LogP contribution in [0.4, 0.5) is 0 Å². The Hall–Kier alpha value is -0.730. The third-order valence-electron chi connectivity index (χ3n) is 3.29. The lowest BCUT2D eigenvalue weighted by Crippen LogP contribution is -2.33. The maximum atomic E-state index is 6.13. The van der Waals surface area contributed by atoms with Crippen LogP contribution in [-0.2, 0) is 0 Å². The molecule has 1 fully saturated rings. The van der Waals surface area contributed by atoms with Crippen molar-refractivity contribution < 1.29 is 4.74 Å². The Balaban J connectivity index is 1.94. The molecule has 0 spiro atoms. The monoisotopic (exact) mass is 253 g/mol. The molecule has 1 aromatic rings. The average molecular weight is 254 g/mol. The third kappa shape index (κ3) is 3.36. The molecule has 0 radical (unpaired) electrons. The quantitative estimate of drug-likeness (QED) is 0.892. The number of hydrogen-bond donors (Lipinski definition) is 1. The number of nitrogens with one attached hydrogen (secondary N) is 1. The predicted octanol–water partition coefficient (Wildman–Crippen LogP) is 3.34. The first-order valence-electron chi connectivity index (χ1n) is 6.27. The SMILES string of the molecule is Cc1cc(OC[C@@H]2CCCNC2)cc(C)c1Cl. The van der Waals surface area contributed by atoms with Crippen LogP contribution in [0, 0.1) is 19.8 Å². The minimum absolute atomic E-state index is 0.639. The van der Waals surface area contributed by atoms with Gasteiger partial charge in [-0.05, 0) is 56.5 Å². The number of benzene rings is 1. The second-order valence-corrected chi connectivity index (χ2v) is 5.27. The van der Waals surface area contributed by atoms with Crippen molar-refractivity contribution >= 4 is 11.6 Å². The Labute approximate surface area is 108 Å². The second kappa shape index (κ2) is 5.74. The summed E-state index contributed by atoms with van der Waals surface area (Å²) in [7, 11) is 0. The predicted molar refractivity (Wildman–Crippen MR) is 72.0 cm³/mol. The van der Waals surface area contributed by atoms with Gasteiger partial charge in [0.25, 0.3) is 0 Å². The zero-order chi connectivity index (χ0) is 12.3. The van der Waals surface area contributed by atoms with Gasteiger partial charge in [-0.1, -0.05) is 11.6 Å². The van der Waals surface area contributed by atoms with E-state index >= 15 is 0 Å². The first-order chi connectivity index (χ1) is 8.16. The van der Waals surface area contributed by atoms with Gasteiger partial charge in [0.15, 0.2) is 0 Å². The molecule has 1 heterocycles. The molecule has 1 N–H and O–H groups in total. The third-order valence-corrected chi connectivity index (χ3v) is 3.89. The highest BCUT2D eigenvalue weighted by Gasteiger charge is 2.13. The van der Waals surface area contributed by atoms with E-state index in [0.717, 1.165) is 41.6 Å². The largest absolute Gasteiger partial charge is 0.493 e. The lowest BCUT2D eigenvalue weighted by Gasteiger charge is -2.23. The summed E-state index contributed by atoms with van der Waals surface area (Å²) < 4.78 is 5.86. The summed E-state index contributed by atoms with van der Waals surface area (Å²) in [4.78, 5) is 0. The lowest BCUT2D eigenvalue weighted by atomic mass is 10.0. The maximum absolute atomic E-state index is 6.13. The molecule has 94 valence electrons. The van der Waals surface area contributed by atoms with Crippen molar-refractivity contribution in [3.05, 3.63) is 28.3 Å². The van der Waals surface area contributed by atoms with Gasteiger partial charge in [-0.25, -0.2) is 0 Å². The van der Waals surface area contributed by atoms with E-state index in [1.165, 1.54) is 12.8 Å². The molecule has 1 aromatic carbocycles. The second-order valence-electron chi connectivity index (χ2n) is 4.89. The van der Waals surface area contributed by atoms with Crippen LogP contribution in [-0.4, -0.2) is 19.7 Å². The fourth-order valence-corrected chi connectivity index (χ4v) is 2.38. The molecule has 0 saturated carbocycles. The zero-order valence-electron chi connectivity index (χ0n) is 10.6. The smallest absolute Gasteiger partial charge is 0.119 e. The Morgan fingerprint density at radius 3 is 2.65 bits per heavy atom. The summed E-state index contributed by atoms with van der Waals surface area (Å²) in [6, 6.07) is 4.04. The molecule has 2 nitrogen and oxygen atoms in total. The summed E-state index contributed by atoms with van der Waals surface area (Å²) in [6.07, 6.45) is 2.52. The molecule has 1 saturated heterocycles. The van der Waals surface area contributed by atoms with Crippen LogP contribution in [0.1, 0.15) is 24.0 Å². The van der Waals surface area contributed by atoms with Gasteiger partial charge in [0.2, 0.25) is 0 Å². The number of halogens is 1. The minimum atomic E-state index is 0.639. The molecule has 2 rings (SSSR count). The average Bonchev–Trinajstić information content (AvgIpc) is 2.34. The lowest BCUT2D eigenvalue weighted by molar-refractivity contribution is 0.218. The molecular weight excluding hydrogens is 234 g/mol. The van der Waals surface area contributed by atoms with E-state index in [0.29, 0.717) is 5.92 Å². The van der Waals surface area contributed by atoms with Crippen LogP contribution in [0.5, 0.6) is 5.75 Å². The Bertz CT molecular complexity index is 363. The van der Waals surface area contributed by atoms with Crippen molar-refractivity contribution in [1.29, 1.82) is 0 Å². The zero-order valence-corrected chi connectivity index (χ0v) is 11.3. The Kier molecular flexibility index (Phi) is 4.30. The van der Waals surface area contributed by atoms with Crippen LogP contribution < -0.4 is 10.1 Å². The van der Waals surface area contributed by atoms with Gasteiger partial charge in [-0.2, -0.15) is 0 Å². The van der Waals surface area contributed by atoms with Crippen LogP contribution >= 0.6 is 11.6 Å². The van der Waals surface area contributed by atoms with Crippen molar-refractivity contribution in [3.63, 3.8) is 0 Å². The fourth-order valence-electron chi connectivity index (χ4n) is 2.27. The molecule has 17 heavy (non-hydrogen) atoms. The van der Waals surface area contributed by atoms with Gasteiger partial charge in [0.05, 0.1) is 6.61 Å². The molecule has 3 heteroatoms. The van der Waals surface area contributed by atoms with Crippen molar-refractivity contribution in [2.24, 2.45) is 5.92 Å². The van der Waals surface area contributed by atoms with E-state index < -0.39 is 0 Å². The van der Waals surface area contributed by atoms with Crippen LogP contribution in [0.15, 0.2) is 12.1 Å². The Morgan fingerprint density at radius 1 is 1.35 bits per heavy atom. The molecule has 1 aliphatic heterocycles. The van der Waals surface area contributed by atoms with E-state index in [9.17, 15) is 0 Å². The van der Waals surface area contributed by atoms with E-state index in [2.05, 4.69) is 5.32 Å². The molecule has 0 bridgehead atoms. The molecule has 1 aliphatic rings. The number of rotatable bonds is 3. The molecule has 0 amide bonds. The van der Waals surface area contributed by atoms with E-state index in [-0.39, 0.29) is 0 Å². The first-order valence-corrected chi connectivity index (χ1v) is 6.65. The summed E-state index contributed by atoms with van der Waals surface area (Å²) in [5.74, 6) is 1.58. The number of hydrogen-bond acceptors (Lipinski definition) is 2. The molecular formula is C14H20ClNO. The number of ether oxygens (including phenoxy) is 1. The maximum Gasteiger partial charge on any atom is 0.119 e. The van der Waals surface area contributed by atoms with Gasteiger partial charge in [-0.15, -0.1) is 0 Å². The molecule has 1 atom stereocenters. The van der Waals surface area contributed by atoms with Gasteiger partial charge in [0, 0.05) is 17.5 Å². The van der Waals surface area contributed by atoms with Gasteiger partial charge >= 0.3 is 0 Å². The molecule has 0 unspecified atom stereocenters. The number of aryl methyl sites for hydroxylation is 2. The van der Waals surface area contributed by atoms with Crippen molar-refractivity contribution in [2.75, 3.05) is 19.7 Å². The van der Waals surface area contributed by atoms with Gasteiger partial charge in [-0.3, -0.25) is 0 Å². The summed E-state index contributed by atoms with van der Waals surface area (Å²) in [5.41, 5.74) is 2.17. The normalized spacial score (nSPS) is 20.3. The standard InChI is InChI=1S/C14H20ClNO/c1-10-6-13(7-11(2)14(10)15)17-9-12-4-3-5-16-8-12/h6-7,12,16H,3-5,8-9H2,1-2H3/t12-/m1/s1.